The lowest BCUT2D eigenvalue weighted by atomic mass is 10.1. The first-order valence-electron chi connectivity index (χ1n) is 18.5. The van der Waals surface area contributed by atoms with Gasteiger partial charge in [-0.3, -0.25) is 19.1 Å². The number of benzene rings is 1. The van der Waals surface area contributed by atoms with E-state index in [0.29, 0.717) is 42.0 Å². The van der Waals surface area contributed by atoms with Gasteiger partial charge in [-0.25, -0.2) is 18.4 Å². The van der Waals surface area contributed by atoms with Crippen molar-refractivity contribution in [2.45, 2.75) is 113 Å². The van der Waals surface area contributed by atoms with Crippen LogP contribution in [-0.2, 0) is 24.4 Å². The molecule has 0 bridgehead atoms. The Morgan fingerprint density at radius 1 is 1.11 bits per heavy atom. The minimum atomic E-state index is -3.85. The van der Waals surface area contributed by atoms with Crippen LogP contribution in [0.4, 0.5) is 0 Å². The maximum Gasteiger partial charge on any atom is 0.259 e. The third-order valence-electron chi connectivity index (χ3n) is 10.9. The van der Waals surface area contributed by atoms with Gasteiger partial charge in [-0.15, -0.1) is 36.2 Å². The van der Waals surface area contributed by atoms with Gasteiger partial charge in [0.2, 0.25) is 21.8 Å². The monoisotopic (exact) mass is 836 g/mol. The van der Waals surface area contributed by atoms with E-state index in [4.69, 9.17) is 25.2 Å². The summed E-state index contributed by atoms with van der Waals surface area (Å²) in [5, 5.41) is 5.82. The highest BCUT2D eigenvalue weighted by atomic mass is 35.5. The Balaban J connectivity index is 0.00000290. The molecule has 1 saturated heterocycles. The topological polar surface area (TPSA) is 183 Å². The summed E-state index contributed by atoms with van der Waals surface area (Å²) in [4.78, 5) is 53.2. The van der Waals surface area contributed by atoms with Crippen LogP contribution in [0, 0.1) is 12.8 Å². The molecule has 2 aliphatic heterocycles. The number of nitrogens with one attached hydrogen (secondary N) is 2. The number of aromatic nitrogens is 2. The van der Waals surface area contributed by atoms with Crippen LogP contribution in [0.15, 0.2) is 35.7 Å². The first kappa shape index (κ1) is 42.6. The quantitative estimate of drug-likeness (QED) is 0.251. The number of nitrogens with zero attached hydrogens (tertiary/aromatic N) is 3. The average molecular weight is 838 g/mol. The number of rotatable bonds is 8. The number of allylic oxidation sites excluding steroid dienone is 1. The summed E-state index contributed by atoms with van der Waals surface area (Å²) in [6.45, 7) is 6.19. The first-order valence-corrected chi connectivity index (χ1v) is 21.0. The van der Waals surface area contributed by atoms with Crippen molar-refractivity contribution in [1.82, 2.24) is 24.9 Å². The molecule has 2 saturated carbocycles. The molecule has 4 heterocycles. The molecule has 0 unspecified atom stereocenters. The third kappa shape index (κ3) is 8.75. The summed E-state index contributed by atoms with van der Waals surface area (Å²) in [6.07, 6.45) is 8.38. The van der Waals surface area contributed by atoms with Crippen LogP contribution >= 0.6 is 36.2 Å². The Morgan fingerprint density at radius 3 is 2.56 bits per heavy atom. The molecule has 300 valence electrons. The van der Waals surface area contributed by atoms with Gasteiger partial charge in [-0.05, 0) is 63.5 Å². The van der Waals surface area contributed by atoms with Gasteiger partial charge in [-0.1, -0.05) is 38.8 Å². The number of aryl methyl sites for hydroxylation is 1. The number of ether oxygens (including phenoxy) is 2. The number of hydrogen-bond acceptors (Lipinski definition) is 11. The van der Waals surface area contributed by atoms with Crippen LogP contribution in [0.3, 0.4) is 0 Å². The maximum absolute atomic E-state index is 14.3. The molecular formula is C38H50Cl2N6O7S2. The van der Waals surface area contributed by atoms with Crippen molar-refractivity contribution in [3.63, 3.8) is 0 Å². The molecule has 17 heteroatoms. The molecule has 2 aliphatic carbocycles. The number of methoxy groups -OCH3 is 1. The predicted molar refractivity (Wildman–Crippen MR) is 217 cm³/mol. The molecule has 7 rings (SSSR count). The minimum Gasteiger partial charge on any atom is -0.496 e. The Hall–Kier alpha value is -3.50. The second-order valence-electron chi connectivity index (χ2n) is 15.1. The van der Waals surface area contributed by atoms with E-state index in [1.54, 1.807) is 7.11 Å². The summed E-state index contributed by atoms with van der Waals surface area (Å²) >= 11 is 1.50. The van der Waals surface area contributed by atoms with Gasteiger partial charge >= 0.3 is 0 Å². The molecule has 0 radical (unpaired) electrons. The van der Waals surface area contributed by atoms with Crippen LogP contribution in [0.25, 0.3) is 21.6 Å². The van der Waals surface area contributed by atoms with Crippen molar-refractivity contribution in [3.05, 3.63) is 47.0 Å². The van der Waals surface area contributed by atoms with Crippen molar-refractivity contribution < 1.29 is 32.3 Å². The highest BCUT2D eigenvalue weighted by Gasteiger charge is 2.62. The Bertz CT molecular complexity index is 2070. The summed E-state index contributed by atoms with van der Waals surface area (Å²) in [6, 6.07) is 3.77. The summed E-state index contributed by atoms with van der Waals surface area (Å²) in [5.74, 6) is -0.601. The van der Waals surface area contributed by atoms with Gasteiger partial charge in [0.05, 0.1) is 36.2 Å². The number of nitrogens with two attached hydrogens (primary N) is 1. The van der Waals surface area contributed by atoms with Crippen LogP contribution < -0.4 is 25.2 Å². The van der Waals surface area contributed by atoms with Crippen LogP contribution in [-0.4, -0.2) is 83.6 Å². The summed E-state index contributed by atoms with van der Waals surface area (Å²) in [7, 11) is -2.24. The van der Waals surface area contributed by atoms with E-state index in [2.05, 4.69) is 23.9 Å². The number of carbonyl (C=O) groups excluding carboxylic acids is 3. The minimum absolute atomic E-state index is 0. The van der Waals surface area contributed by atoms with Crippen molar-refractivity contribution >= 4 is 74.8 Å². The second kappa shape index (κ2) is 16.9. The molecule has 3 amide bonds. The van der Waals surface area contributed by atoms with Crippen LogP contribution in [0.5, 0.6) is 11.5 Å². The van der Waals surface area contributed by atoms with Crippen molar-refractivity contribution in [2.24, 2.45) is 11.7 Å². The molecule has 5 atom stereocenters. The predicted octanol–water partition coefficient (Wildman–Crippen LogP) is 5.32. The summed E-state index contributed by atoms with van der Waals surface area (Å²) in [5.41, 5.74) is 8.13. The summed E-state index contributed by atoms with van der Waals surface area (Å²) < 4.78 is 40.2. The van der Waals surface area contributed by atoms with Crippen LogP contribution in [0.2, 0.25) is 0 Å². The zero-order valence-corrected chi connectivity index (χ0v) is 34.7. The van der Waals surface area contributed by atoms with Crippen LogP contribution in [0.1, 0.15) is 88.8 Å². The van der Waals surface area contributed by atoms with Gasteiger partial charge in [0.1, 0.15) is 39.9 Å². The highest BCUT2D eigenvalue weighted by molar-refractivity contribution is 7.91. The Labute approximate surface area is 338 Å². The molecule has 13 nitrogen and oxygen atoms in total. The maximum atomic E-state index is 14.3. The third-order valence-corrected chi connectivity index (χ3v) is 13.6. The molecule has 3 aromatic rings. The number of amides is 3. The van der Waals surface area contributed by atoms with E-state index < -0.39 is 50.8 Å². The number of hydrogen-bond donors (Lipinski definition) is 3. The fraction of sp³-hybridized carbons (Fsp3) is 0.553. The SMILES string of the molecule is COc1ccc2c(O[C@@H]3C[C@H]4C(=O)N[C@]5(C(=O)NS(=O)(=O)C6CC6)C[C@H]5/C=C/CCCCC[C@H](N)C(=O)N4C3)cc(-c3nc(C(C)C)cs3)nc2c1C.Cl.Cl. The lowest BCUT2D eigenvalue weighted by Crippen LogP contribution is -2.57. The number of pyridine rings is 1. The van der Waals surface area contributed by atoms with Gasteiger partial charge in [0.15, 0.2) is 0 Å². The number of fused-ring (bicyclic) bond motifs is 3. The fourth-order valence-electron chi connectivity index (χ4n) is 7.40. The van der Waals surface area contributed by atoms with Crippen molar-refractivity contribution in [2.75, 3.05) is 13.7 Å². The van der Waals surface area contributed by atoms with E-state index in [9.17, 15) is 22.8 Å². The number of thiazole rings is 1. The van der Waals surface area contributed by atoms with Crippen molar-refractivity contribution in [3.8, 4) is 22.2 Å². The smallest absolute Gasteiger partial charge is 0.259 e. The lowest BCUT2D eigenvalue weighted by Gasteiger charge is -2.28. The number of sulfonamides is 1. The van der Waals surface area contributed by atoms with E-state index in [0.717, 1.165) is 47.3 Å². The van der Waals surface area contributed by atoms with E-state index in [1.165, 1.54) is 16.2 Å². The second-order valence-corrected chi connectivity index (χ2v) is 17.9. The zero-order chi connectivity index (χ0) is 37.7. The molecule has 3 fully saturated rings. The van der Waals surface area contributed by atoms with Gasteiger partial charge in [0.25, 0.3) is 5.91 Å². The largest absolute Gasteiger partial charge is 0.496 e. The Morgan fingerprint density at radius 2 is 1.87 bits per heavy atom. The van der Waals surface area contributed by atoms with E-state index in [-0.39, 0.29) is 61.9 Å². The number of carbonyl (C=O) groups is 3. The molecular weight excluding hydrogens is 787 g/mol. The molecule has 55 heavy (non-hydrogen) atoms. The van der Waals surface area contributed by atoms with E-state index >= 15 is 0 Å². The highest BCUT2D eigenvalue weighted by Crippen LogP contribution is 2.46. The van der Waals surface area contributed by atoms with E-state index in [1.807, 2.05) is 42.7 Å². The lowest BCUT2D eigenvalue weighted by molar-refractivity contribution is -0.140. The van der Waals surface area contributed by atoms with Gasteiger partial charge in [-0.2, -0.15) is 0 Å². The molecule has 4 aliphatic rings. The average Bonchev–Trinajstić information content (AvgIpc) is 4.00. The van der Waals surface area contributed by atoms with Gasteiger partial charge < -0.3 is 25.4 Å². The first-order chi connectivity index (χ1) is 25.3. The zero-order valence-electron chi connectivity index (χ0n) is 31.4. The van der Waals surface area contributed by atoms with Gasteiger partial charge in [0, 0.05) is 34.7 Å². The molecule has 4 N–H and O–H groups in total. The van der Waals surface area contributed by atoms with Crippen molar-refractivity contribution in [1.29, 1.82) is 0 Å². The molecule has 1 aromatic carbocycles. The number of halogens is 2. The molecule has 2 aromatic heterocycles. The normalized spacial score (nSPS) is 26.3. The standard InChI is InChI=1S/C38H48N6O7S2.2ClH/c1-21(2)29-20-52-35(41-29)28-17-32(26-14-15-31(50-4)22(3)33(26)40-28)51-24-16-30-34(45)42-38(37(47)43-53(48,49)25-12-13-25)18-23(38)10-8-6-5-7-9-11-27(39)36(46)44(30)19-24;;/h8,10,14-15,17,20-21,23-25,27,30H,5-7,9,11-13,16,18-19,39H2,1-4H3,(H,42,45)(H,43,47);2*1H/b10-8+;;/t23-,24-,27+,30+,38-;;/m1../s1. The molecule has 0 spiro atoms. The fourth-order valence-corrected chi connectivity index (χ4v) is 9.70. The Kier molecular flexibility index (Phi) is 13.1.